The molecular weight excluding hydrogens is 520 g/mol. The number of ether oxygens (including phenoxy) is 3. The second-order valence-electron chi connectivity index (χ2n) is 8.78. The van der Waals surface area contributed by atoms with E-state index in [0.29, 0.717) is 62.8 Å². The minimum absolute atomic E-state index is 0.291. The molecule has 12 heteroatoms. The maximum atomic E-state index is 13.6. The number of carbonyl (C=O) groups is 2. The molecule has 0 bridgehead atoms. The maximum absolute atomic E-state index is 13.6. The third kappa shape index (κ3) is 7.18. The van der Waals surface area contributed by atoms with Crippen LogP contribution in [0, 0.1) is 5.92 Å². The largest absolute Gasteiger partial charge is 0.493 e. The highest BCUT2D eigenvalue weighted by atomic mass is 32.1. The van der Waals surface area contributed by atoms with E-state index in [2.05, 4.69) is 20.3 Å². The number of carbonyl (C=O) groups excluding carboxylic acids is 2. The lowest BCUT2D eigenvalue weighted by Gasteiger charge is -2.14. The third-order valence-corrected chi connectivity index (χ3v) is 6.37. The van der Waals surface area contributed by atoms with Crippen LogP contribution in [0.3, 0.4) is 0 Å². The van der Waals surface area contributed by atoms with Gasteiger partial charge in [-0.05, 0) is 36.6 Å². The Hall–Kier alpha value is -4.29. The quantitative estimate of drug-likeness (QED) is 0.172. The average molecular weight is 553 g/mol. The Kier molecular flexibility index (Phi) is 10.1. The van der Waals surface area contributed by atoms with Gasteiger partial charge in [-0.15, -0.1) is 11.3 Å². The van der Waals surface area contributed by atoms with Gasteiger partial charge in [0.15, 0.2) is 22.4 Å². The first-order valence-corrected chi connectivity index (χ1v) is 12.9. The van der Waals surface area contributed by atoms with Crippen LogP contribution in [0.1, 0.15) is 36.2 Å². The van der Waals surface area contributed by atoms with Crippen molar-refractivity contribution >= 4 is 46.5 Å². The number of benzene rings is 2. The highest BCUT2D eigenvalue weighted by Crippen LogP contribution is 2.39. The number of methoxy groups -OCH3 is 3. The van der Waals surface area contributed by atoms with Gasteiger partial charge in [-0.25, -0.2) is 15.0 Å². The summed E-state index contributed by atoms with van der Waals surface area (Å²) in [6, 6.07) is 7.63. The van der Waals surface area contributed by atoms with E-state index >= 15 is 0 Å². The summed E-state index contributed by atoms with van der Waals surface area (Å²) >= 11 is 1.27. The molecule has 0 radical (unpaired) electrons. The highest BCUT2D eigenvalue weighted by Gasteiger charge is 2.21. The number of anilines is 1. The van der Waals surface area contributed by atoms with E-state index < -0.39 is 6.04 Å². The minimum Gasteiger partial charge on any atom is -0.493 e. The number of aliphatic imine (C=N–C) groups is 2. The lowest BCUT2D eigenvalue weighted by atomic mass is 9.98. The van der Waals surface area contributed by atoms with Gasteiger partial charge >= 0.3 is 0 Å². The number of hydrogen-bond acceptors (Lipinski definition) is 9. The molecule has 1 aromatic heterocycles. The molecule has 0 saturated heterocycles. The number of nitrogens with zero attached hydrogens (tertiary/aromatic N) is 3. The summed E-state index contributed by atoms with van der Waals surface area (Å²) in [6.45, 7) is 4.01. The zero-order chi connectivity index (χ0) is 28.5. The van der Waals surface area contributed by atoms with Gasteiger partial charge in [0.1, 0.15) is 6.34 Å². The van der Waals surface area contributed by atoms with E-state index in [1.165, 1.54) is 39.0 Å². The van der Waals surface area contributed by atoms with Crippen molar-refractivity contribution in [1.29, 1.82) is 0 Å². The summed E-state index contributed by atoms with van der Waals surface area (Å²) in [4.78, 5) is 38.7. The van der Waals surface area contributed by atoms with Gasteiger partial charge in [0, 0.05) is 22.1 Å². The van der Waals surface area contributed by atoms with Crippen LogP contribution >= 0.6 is 11.3 Å². The molecule has 0 fully saturated rings. The maximum Gasteiger partial charge on any atom is 0.243 e. The lowest BCUT2D eigenvalue weighted by molar-refractivity contribution is -0.117. The zero-order valence-electron chi connectivity index (χ0n) is 22.4. The molecule has 0 unspecified atom stereocenters. The molecule has 0 saturated carbocycles. The first-order valence-electron chi connectivity index (χ1n) is 12.0. The van der Waals surface area contributed by atoms with E-state index in [0.717, 1.165) is 6.34 Å². The Morgan fingerprint density at radius 2 is 1.79 bits per heavy atom. The van der Waals surface area contributed by atoms with E-state index in [-0.39, 0.29) is 11.7 Å². The number of nitrogens with two attached hydrogens (primary N) is 2. The highest BCUT2D eigenvalue weighted by molar-refractivity contribution is 7.14. The van der Waals surface area contributed by atoms with Gasteiger partial charge in [-0.2, -0.15) is 0 Å². The number of hydrogen-bond donors (Lipinski definition) is 3. The number of nitrogens with one attached hydrogen (secondary N) is 1. The van der Waals surface area contributed by atoms with E-state index in [4.69, 9.17) is 25.7 Å². The molecule has 1 atom stereocenters. The molecule has 206 valence electrons. The normalized spacial score (nSPS) is 12.2. The number of amides is 1. The molecular formula is C27H32N6O5S. The Bertz CT molecular complexity index is 1360. The first kappa shape index (κ1) is 29.3. The molecule has 3 rings (SSSR count). The van der Waals surface area contributed by atoms with Gasteiger partial charge in [-0.3, -0.25) is 9.59 Å². The van der Waals surface area contributed by atoms with Crippen LogP contribution in [0.5, 0.6) is 17.2 Å². The van der Waals surface area contributed by atoms with Crippen LogP contribution in [0.25, 0.3) is 11.3 Å². The summed E-state index contributed by atoms with van der Waals surface area (Å²) in [6.07, 6.45) is 2.90. The molecule has 39 heavy (non-hydrogen) atoms. The topological polar surface area (TPSA) is 164 Å². The number of thiazole rings is 1. The molecule has 5 N–H and O–H groups in total. The summed E-state index contributed by atoms with van der Waals surface area (Å²) in [5.41, 5.74) is 13.6. The van der Waals surface area contributed by atoms with Gasteiger partial charge in [0.05, 0.1) is 45.1 Å². The summed E-state index contributed by atoms with van der Waals surface area (Å²) in [5, 5.41) is 4.99. The second kappa shape index (κ2) is 13.5. The molecule has 2 aromatic carbocycles. The first-order chi connectivity index (χ1) is 18.7. The van der Waals surface area contributed by atoms with E-state index in [1.807, 2.05) is 13.8 Å². The fourth-order valence-corrected chi connectivity index (χ4v) is 4.49. The fraction of sp³-hybridized carbons (Fsp3) is 0.296. The molecule has 0 spiro atoms. The Morgan fingerprint density at radius 1 is 1.10 bits per heavy atom. The van der Waals surface area contributed by atoms with Crippen LogP contribution in [-0.4, -0.2) is 56.7 Å². The van der Waals surface area contributed by atoms with Gasteiger partial charge in [0.2, 0.25) is 11.7 Å². The second-order valence-corrected chi connectivity index (χ2v) is 9.64. The van der Waals surface area contributed by atoms with Crippen molar-refractivity contribution in [2.45, 2.75) is 26.3 Å². The molecule has 1 amide bonds. The zero-order valence-corrected chi connectivity index (χ0v) is 23.2. The Morgan fingerprint density at radius 3 is 2.38 bits per heavy atom. The fourth-order valence-electron chi connectivity index (χ4n) is 3.77. The van der Waals surface area contributed by atoms with Crippen molar-refractivity contribution in [3.8, 4) is 28.5 Å². The van der Waals surface area contributed by atoms with Crippen molar-refractivity contribution in [1.82, 2.24) is 4.98 Å². The van der Waals surface area contributed by atoms with E-state index in [1.54, 1.807) is 35.7 Å². The van der Waals surface area contributed by atoms with Crippen LogP contribution < -0.4 is 31.0 Å². The average Bonchev–Trinajstić information content (AvgIpc) is 3.39. The monoisotopic (exact) mass is 552 g/mol. The molecule has 0 aliphatic rings. The van der Waals surface area contributed by atoms with E-state index in [9.17, 15) is 9.59 Å². The van der Waals surface area contributed by atoms with Gasteiger partial charge < -0.3 is 31.0 Å². The van der Waals surface area contributed by atoms with Crippen LogP contribution in [0.4, 0.5) is 10.8 Å². The summed E-state index contributed by atoms with van der Waals surface area (Å²) in [7, 11) is 4.44. The Balaban J connectivity index is 1.97. The van der Waals surface area contributed by atoms with Crippen LogP contribution in [0.15, 0.2) is 45.7 Å². The van der Waals surface area contributed by atoms with Gasteiger partial charge in [0.25, 0.3) is 0 Å². The third-order valence-electron chi connectivity index (χ3n) is 5.61. The van der Waals surface area contributed by atoms with Crippen molar-refractivity contribution in [2.75, 3.05) is 26.6 Å². The smallest absolute Gasteiger partial charge is 0.243 e. The Labute approximate surface area is 230 Å². The SMILES string of the molecule is COc1cc(C(=O)c2ccc(-c3csc(NC(=O)[C@@H](N)CC(C)C)n3)cc2N=CN=CN)cc(OC)c1OC. The number of aromatic nitrogens is 1. The van der Waals surface area contributed by atoms with Crippen LogP contribution in [-0.2, 0) is 4.79 Å². The van der Waals surface area contributed by atoms with Crippen molar-refractivity contribution in [3.63, 3.8) is 0 Å². The predicted octanol–water partition coefficient (Wildman–Crippen LogP) is 4.03. The predicted molar refractivity (Wildman–Crippen MR) is 154 cm³/mol. The number of ketones is 1. The van der Waals surface area contributed by atoms with Crippen LogP contribution in [0.2, 0.25) is 0 Å². The van der Waals surface area contributed by atoms with Crippen molar-refractivity contribution < 1.29 is 23.8 Å². The molecule has 11 nitrogen and oxygen atoms in total. The van der Waals surface area contributed by atoms with Crippen molar-refractivity contribution in [3.05, 3.63) is 46.8 Å². The summed E-state index contributed by atoms with van der Waals surface area (Å²) < 4.78 is 16.1. The molecule has 3 aromatic rings. The standard InChI is InChI=1S/C27H32N6O5S/c1-15(2)8-19(29)26(35)33-27-32-21(12-39-27)16-6-7-18(20(9-16)31-14-30-13-28)24(34)17-10-22(36-3)25(38-5)23(11-17)37-4/h6-7,9-15,19H,8,29H2,1-5H3,(H2,28,30,31)(H,32,33,35)/t19-/m0/s1. The summed E-state index contributed by atoms with van der Waals surface area (Å²) in [5.74, 6) is 0.746. The minimum atomic E-state index is -0.623. The molecule has 0 aliphatic heterocycles. The lowest BCUT2D eigenvalue weighted by Crippen LogP contribution is -2.36. The number of rotatable bonds is 12. The van der Waals surface area contributed by atoms with Gasteiger partial charge in [-0.1, -0.05) is 19.9 Å². The van der Waals surface area contributed by atoms with Crippen molar-refractivity contribution in [2.24, 2.45) is 27.4 Å². The molecule has 1 heterocycles. The molecule has 0 aliphatic carbocycles.